The molecule has 0 aromatic carbocycles. The molecular formula is C10H17N. The van der Waals surface area contributed by atoms with E-state index in [1.54, 1.807) is 6.08 Å². The van der Waals surface area contributed by atoms with Gasteiger partial charge in [-0.3, -0.25) is 0 Å². The summed E-state index contributed by atoms with van der Waals surface area (Å²) >= 11 is 0. The predicted octanol–water partition coefficient (Wildman–Crippen LogP) is 2.58. The van der Waals surface area contributed by atoms with Gasteiger partial charge in [0.15, 0.2) is 0 Å². The van der Waals surface area contributed by atoms with E-state index in [1.165, 1.54) is 0 Å². The lowest BCUT2D eigenvalue weighted by atomic mass is 10.3. The summed E-state index contributed by atoms with van der Waals surface area (Å²) in [5.74, 6) is 0. The molecule has 0 amide bonds. The van der Waals surface area contributed by atoms with Gasteiger partial charge in [-0.15, -0.1) is 0 Å². The quantitative estimate of drug-likeness (QED) is 0.558. The van der Waals surface area contributed by atoms with Gasteiger partial charge < -0.3 is 4.90 Å². The Balaban J connectivity index is 3.73. The Labute approximate surface area is 69.7 Å². The first kappa shape index (κ1) is 10.0. The molecule has 0 bridgehead atoms. The van der Waals surface area contributed by atoms with E-state index in [-0.39, 0.29) is 0 Å². The SMILES string of the molecule is C=C/C=C\C=C/N(C)C(C)C. The average molecular weight is 151 g/mol. The summed E-state index contributed by atoms with van der Waals surface area (Å²) in [7, 11) is 2.06. The summed E-state index contributed by atoms with van der Waals surface area (Å²) in [6.45, 7) is 7.89. The third-order valence-corrected chi connectivity index (χ3v) is 1.49. The van der Waals surface area contributed by atoms with Crippen LogP contribution in [0.5, 0.6) is 0 Å². The van der Waals surface area contributed by atoms with E-state index in [1.807, 2.05) is 24.4 Å². The summed E-state index contributed by atoms with van der Waals surface area (Å²) in [6.07, 6.45) is 9.68. The highest BCUT2D eigenvalue weighted by Gasteiger charge is 1.93. The molecular weight excluding hydrogens is 134 g/mol. The fourth-order valence-corrected chi connectivity index (χ4v) is 0.500. The van der Waals surface area contributed by atoms with Gasteiger partial charge in [-0.1, -0.05) is 24.8 Å². The highest BCUT2D eigenvalue weighted by Crippen LogP contribution is 1.93. The maximum absolute atomic E-state index is 3.58. The highest BCUT2D eigenvalue weighted by molar-refractivity contribution is 5.08. The first-order chi connectivity index (χ1) is 5.18. The van der Waals surface area contributed by atoms with Crippen molar-refractivity contribution in [1.82, 2.24) is 4.90 Å². The second kappa shape index (κ2) is 5.78. The second-order valence-corrected chi connectivity index (χ2v) is 2.72. The van der Waals surface area contributed by atoms with E-state index < -0.39 is 0 Å². The van der Waals surface area contributed by atoms with Crippen molar-refractivity contribution in [2.75, 3.05) is 7.05 Å². The third-order valence-electron chi connectivity index (χ3n) is 1.49. The van der Waals surface area contributed by atoms with Crippen LogP contribution in [0, 0.1) is 0 Å². The Morgan fingerprint density at radius 3 is 2.27 bits per heavy atom. The van der Waals surface area contributed by atoms with E-state index in [9.17, 15) is 0 Å². The molecule has 0 aromatic heterocycles. The number of allylic oxidation sites excluding steroid dienone is 4. The molecule has 1 nitrogen and oxygen atoms in total. The van der Waals surface area contributed by atoms with Crippen molar-refractivity contribution in [3.05, 3.63) is 37.1 Å². The fourth-order valence-electron chi connectivity index (χ4n) is 0.500. The molecule has 0 rings (SSSR count). The number of hydrogen-bond donors (Lipinski definition) is 0. The zero-order valence-corrected chi connectivity index (χ0v) is 7.62. The lowest BCUT2D eigenvalue weighted by Crippen LogP contribution is -2.19. The predicted molar refractivity (Wildman–Crippen MR) is 51.4 cm³/mol. The van der Waals surface area contributed by atoms with Gasteiger partial charge in [0.1, 0.15) is 0 Å². The van der Waals surface area contributed by atoms with Gasteiger partial charge in [0.25, 0.3) is 0 Å². The van der Waals surface area contributed by atoms with E-state index >= 15 is 0 Å². The smallest absolute Gasteiger partial charge is 0.0224 e. The summed E-state index contributed by atoms with van der Waals surface area (Å²) < 4.78 is 0. The normalized spacial score (nSPS) is 11.6. The minimum Gasteiger partial charge on any atom is -0.378 e. The molecule has 0 spiro atoms. The van der Waals surface area contributed by atoms with E-state index in [2.05, 4.69) is 32.4 Å². The summed E-state index contributed by atoms with van der Waals surface area (Å²) in [4.78, 5) is 2.15. The van der Waals surface area contributed by atoms with Crippen molar-refractivity contribution < 1.29 is 0 Å². The fraction of sp³-hybridized carbons (Fsp3) is 0.400. The second-order valence-electron chi connectivity index (χ2n) is 2.72. The van der Waals surface area contributed by atoms with E-state index in [0.717, 1.165) is 0 Å². The van der Waals surface area contributed by atoms with Crippen LogP contribution in [-0.4, -0.2) is 18.0 Å². The van der Waals surface area contributed by atoms with E-state index in [0.29, 0.717) is 6.04 Å². The Morgan fingerprint density at radius 2 is 1.82 bits per heavy atom. The molecule has 1 heteroatoms. The average Bonchev–Trinajstić information content (AvgIpc) is 1.97. The molecule has 0 atom stereocenters. The Bertz CT molecular complexity index is 154. The van der Waals surface area contributed by atoms with Crippen molar-refractivity contribution in [3.63, 3.8) is 0 Å². The van der Waals surface area contributed by atoms with Gasteiger partial charge in [-0.05, 0) is 26.1 Å². The minimum absolute atomic E-state index is 0.559. The monoisotopic (exact) mass is 151 g/mol. The lowest BCUT2D eigenvalue weighted by Gasteiger charge is -2.17. The summed E-state index contributed by atoms with van der Waals surface area (Å²) in [6, 6.07) is 0.559. The molecule has 0 unspecified atom stereocenters. The molecule has 0 saturated heterocycles. The topological polar surface area (TPSA) is 3.24 Å². The van der Waals surface area contributed by atoms with Crippen LogP contribution in [0.1, 0.15) is 13.8 Å². The largest absolute Gasteiger partial charge is 0.378 e. The molecule has 62 valence electrons. The van der Waals surface area contributed by atoms with Gasteiger partial charge >= 0.3 is 0 Å². The molecule has 0 heterocycles. The van der Waals surface area contributed by atoms with Gasteiger partial charge in [0, 0.05) is 13.1 Å². The molecule has 0 aliphatic carbocycles. The minimum atomic E-state index is 0.559. The zero-order chi connectivity index (χ0) is 8.69. The van der Waals surface area contributed by atoms with Crippen LogP contribution in [-0.2, 0) is 0 Å². The first-order valence-electron chi connectivity index (χ1n) is 3.86. The van der Waals surface area contributed by atoms with Gasteiger partial charge in [-0.25, -0.2) is 0 Å². The number of rotatable bonds is 4. The van der Waals surface area contributed by atoms with Crippen LogP contribution in [0.25, 0.3) is 0 Å². The van der Waals surface area contributed by atoms with Crippen LogP contribution < -0.4 is 0 Å². The third kappa shape index (κ3) is 5.46. The highest BCUT2D eigenvalue weighted by atomic mass is 15.1. The van der Waals surface area contributed by atoms with Crippen molar-refractivity contribution in [2.24, 2.45) is 0 Å². The van der Waals surface area contributed by atoms with Crippen LogP contribution in [0.3, 0.4) is 0 Å². The van der Waals surface area contributed by atoms with Gasteiger partial charge in [0.05, 0.1) is 0 Å². The molecule has 0 aliphatic heterocycles. The molecule has 11 heavy (non-hydrogen) atoms. The Kier molecular flexibility index (Phi) is 5.26. The molecule has 0 radical (unpaired) electrons. The molecule has 0 aliphatic rings. The van der Waals surface area contributed by atoms with Gasteiger partial charge in [-0.2, -0.15) is 0 Å². The van der Waals surface area contributed by atoms with Gasteiger partial charge in [0.2, 0.25) is 0 Å². The summed E-state index contributed by atoms with van der Waals surface area (Å²) in [5.41, 5.74) is 0. The van der Waals surface area contributed by atoms with Crippen LogP contribution in [0.15, 0.2) is 37.1 Å². The standard InChI is InChI=1S/C10H17N/c1-5-6-7-8-9-11(4)10(2)3/h5-10H,1H2,2-4H3/b7-6-,9-8-. The Hall–Kier alpha value is -0.980. The van der Waals surface area contributed by atoms with Crippen molar-refractivity contribution >= 4 is 0 Å². The molecule has 0 N–H and O–H groups in total. The van der Waals surface area contributed by atoms with Crippen molar-refractivity contribution in [2.45, 2.75) is 19.9 Å². The van der Waals surface area contributed by atoms with Crippen molar-refractivity contribution in [1.29, 1.82) is 0 Å². The maximum atomic E-state index is 3.58. The van der Waals surface area contributed by atoms with Crippen LogP contribution in [0.4, 0.5) is 0 Å². The number of hydrogen-bond acceptors (Lipinski definition) is 1. The molecule has 0 saturated carbocycles. The van der Waals surface area contributed by atoms with Crippen molar-refractivity contribution in [3.8, 4) is 0 Å². The maximum Gasteiger partial charge on any atom is 0.0224 e. The van der Waals surface area contributed by atoms with E-state index in [4.69, 9.17) is 0 Å². The number of nitrogens with zero attached hydrogens (tertiary/aromatic N) is 1. The zero-order valence-electron chi connectivity index (χ0n) is 7.62. The lowest BCUT2D eigenvalue weighted by molar-refractivity contribution is 0.376. The van der Waals surface area contributed by atoms with Crippen LogP contribution in [0.2, 0.25) is 0 Å². The first-order valence-corrected chi connectivity index (χ1v) is 3.86. The molecule has 0 fully saturated rings. The molecule has 0 aromatic rings. The Morgan fingerprint density at radius 1 is 1.18 bits per heavy atom. The van der Waals surface area contributed by atoms with Crippen LogP contribution >= 0.6 is 0 Å². The summed E-state index contributed by atoms with van der Waals surface area (Å²) in [5, 5.41) is 0.